The highest BCUT2D eigenvalue weighted by atomic mass is 16.2. The molecule has 3 heteroatoms. The molecule has 0 saturated heterocycles. The summed E-state index contributed by atoms with van der Waals surface area (Å²) in [5.41, 5.74) is 8.10. The van der Waals surface area contributed by atoms with E-state index in [-0.39, 0.29) is 11.8 Å². The second kappa shape index (κ2) is 8.35. The van der Waals surface area contributed by atoms with Gasteiger partial charge in [0.15, 0.2) is 0 Å². The molecule has 2 aromatic carbocycles. The second-order valence-corrected chi connectivity index (χ2v) is 5.35. The minimum Gasteiger partial charge on any atom is -0.342 e. The zero-order chi connectivity index (χ0) is 15.8. The maximum absolute atomic E-state index is 12.8. The van der Waals surface area contributed by atoms with E-state index in [4.69, 9.17) is 5.73 Å². The number of rotatable bonds is 7. The van der Waals surface area contributed by atoms with E-state index in [1.54, 1.807) is 0 Å². The van der Waals surface area contributed by atoms with E-state index < -0.39 is 0 Å². The number of likely N-dealkylation sites (N-methyl/N-ethyl adjacent to an activating group) is 1. The number of nitrogens with two attached hydrogens (primary N) is 1. The van der Waals surface area contributed by atoms with Gasteiger partial charge in [-0.3, -0.25) is 4.79 Å². The molecule has 116 valence electrons. The average molecular weight is 296 g/mol. The molecule has 0 spiro atoms. The quantitative estimate of drug-likeness (QED) is 0.854. The lowest BCUT2D eigenvalue weighted by Crippen LogP contribution is -2.39. The summed E-state index contributed by atoms with van der Waals surface area (Å²) >= 11 is 0. The Bertz CT molecular complexity index is 569. The fourth-order valence-electron chi connectivity index (χ4n) is 2.62. The minimum absolute atomic E-state index is 0.118. The van der Waals surface area contributed by atoms with Crippen molar-refractivity contribution < 1.29 is 4.79 Å². The number of hydrogen-bond acceptors (Lipinski definition) is 2. The van der Waals surface area contributed by atoms with Crippen LogP contribution in [0.1, 0.15) is 24.0 Å². The first-order valence-electron chi connectivity index (χ1n) is 7.84. The summed E-state index contributed by atoms with van der Waals surface area (Å²) in [6, 6.07) is 20.0. The summed E-state index contributed by atoms with van der Waals surface area (Å²) in [5.74, 6) is -0.135. The molecule has 0 aliphatic rings. The molecule has 22 heavy (non-hydrogen) atoms. The highest BCUT2D eigenvalue weighted by Crippen LogP contribution is 2.17. The van der Waals surface area contributed by atoms with Crippen LogP contribution >= 0.6 is 0 Å². The van der Waals surface area contributed by atoms with Crippen LogP contribution in [0.15, 0.2) is 60.7 Å². The van der Waals surface area contributed by atoms with Gasteiger partial charge in [-0.05, 0) is 24.5 Å². The first-order chi connectivity index (χ1) is 10.8. The predicted octanol–water partition coefficient (Wildman–Crippen LogP) is 2.82. The fraction of sp³-hybridized carbons (Fsp3) is 0.316. The highest BCUT2D eigenvalue weighted by Gasteiger charge is 2.23. The maximum Gasteiger partial charge on any atom is 0.231 e. The summed E-state index contributed by atoms with van der Waals surface area (Å²) in [6.45, 7) is 3.78. The normalized spacial score (nSPS) is 11.9. The topological polar surface area (TPSA) is 46.3 Å². The van der Waals surface area contributed by atoms with Gasteiger partial charge < -0.3 is 10.6 Å². The molecule has 1 unspecified atom stereocenters. The van der Waals surface area contributed by atoms with Crippen molar-refractivity contribution in [2.45, 2.75) is 19.3 Å². The monoisotopic (exact) mass is 296 g/mol. The summed E-state index contributed by atoms with van der Waals surface area (Å²) in [6.07, 6.45) is 0.868. The Balaban J connectivity index is 2.04. The van der Waals surface area contributed by atoms with Crippen LogP contribution < -0.4 is 5.73 Å². The van der Waals surface area contributed by atoms with Gasteiger partial charge in [0.05, 0.1) is 5.92 Å². The Morgan fingerprint density at radius 2 is 1.64 bits per heavy atom. The largest absolute Gasteiger partial charge is 0.342 e. The first kappa shape index (κ1) is 16.2. The number of carbonyl (C=O) groups excluding carboxylic acids is 1. The van der Waals surface area contributed by atoms with Crippen molar-refractivity contribution in [2.24, 2.45) is 5.73 Å². The van der Waals surface area contributed by atoms with Gasteiger partial charge in [-0.25, -0.2) is 0 Å². The fourth-order valence-corrected chi connectivity index (χ4v) is 2.62. The molecule has 0 bridgehead atoms. The molecule has 0 aliphatic carbocycles. The van der Waals surface area contributed by atoms with Gasteiger partial charge in [0.2, 0.25) is 5.91 Å². The molecular weight excluding hydrogens is 272 g/mol. The van der Waals surface area contributed by atoms with Crippen molar-refractivity contribution in [1.29, 1.82) is 0 Å². The lowest BCUT2D eigenvalue weighted by molar-refractivity contribution is -0.132. The van der Waals surface area contributed by atoms with Crippen LogP contribution in [0.2, 0.25) is 0 Å². The number of nitrogens with zero attached hydrogens (tertiary/aromatic N) is 1. The lowest BCUT2D eigenvalue weighted by Gasteiger charge is -2.26. The van der Waals surface area contributed by atoms with E-state index in [2.05, 4.69) is 12.1 Å². The Labute approximate surface area is 132 Å². The van der Waals surface area contributed by atoms with Crippen LogP contribution in [0.25, 0.3) is 0 Å². The molecule has 0 saturated carbocycles. The molecular formula is C19H24N2O. The van der Waals surface area contributed by atoms with Crippen molar-refractivity contribution >= 4 is 5.91 Å². The zero-order valence-corrected chi connectivity index (χ0v) is 13.1. The third kappa shape index (κ3) is 4.18. The Kier molecular flexibility index (Phi) is 6.16. The van der Waals surface area contributed by atoms with Crippen LogP contribution in [0.4, 0.5) is 0 Å². The van der Waals surface area contributed by atoms with Gasteiger partial charge in [0.1, 0.15) is 0 Å². The van der Waals surface area contributed by atoms with Gasteiger partial charge in [-0.1, -0.05) is 60.7 Å². The van der Waals surface area contributed by atoms with E-state index in [1.165, 1.54) is 5.56 Å². The molecule has 2 N–H and O–H groups in total. The molecule has 0 fully saturated rings. The van der Waals surface area contributed by atoms with Crippen LogP contribution in [-0.4, -0.2) is 30.4 Å². The summed E-state index contributed by atoms with van der Waals surface area (Å²) < 4.78 is 0. The van der Waals surface area contributed by atoms with Crippen LogP contribution in [0.3, 0.4) is 0 Å². The van der Waals surface area contributed by atoms with Crippen molar-refractivity contribution in [3.63, 3.8) is 0 Å². The lowest BCUT2D eigenvalue weighted by atomic mass is 9.97. The van der Waals surface area contributed by atoms with Crippen LogP contribution in [0, 0.1) is 0 Å². The van der Waals surface area contributed by atoms with Gasteiger partial charge in [-0.15, -0.1) is 0 Å². The van der Waals surface area contributed by atoms with E-state index >= 15 is 0 Å². The number of hydrogen-bond donors (Lipinski definition) is 1. The Morgan fingerprint density at radius 1 is 1.05 bits per heavy atom. The first-order valence-corrected chi connectivity index (χ1v) is 7.84. The SMILES string of the molecule is CCN(CCc1ccccc1)C(=O)C(CN)c1ccccc1. The molecule has 2 rings (SSSR count). The molecule has 0 aromatic heterocycles. The second-order valence-electron chi connectivity index (χ2n) is 5.35. The van der Waals surface area contributed by atoms with Crippen LogP contribution in [-0.2, 0) is 11.2 Å². The van der Waals surface area contributed by atoms with Crippen molar-refractivity contribution in [3.05, 3.63) is 71.8 Å². The summed E-state index contributed by atoms with van der Waals surface area (Å²) in [5, 5.41) is 0. The van der Waals surface area contributed by atoms with Crippen molar-refractivity contribution in [3.8, 4) is 0 Å². The Hall–Kier alpha value is -2.13. The van der Waals surface area contributed by atoms with Gasteiger partial charge in [-0.2, -0.15) is 0 Å². The molecule has 1 amide bonds. The van der Waals surface area contributed by atoms with Gasteiger partial charge in [0, 0.05) is 19.6 Å². The third-order valence-corrected chi connectivity index (χ3v) is 3.94. The number of benzene rings is 2. The Morgan fingerprint density at radius 3 is 2.18 bits per heavy atom. The predicted molar refractivity (Wildman–Crippen MR) is 90.6 cm³/mol. The number of carbonyl (C=O) groups is 1. The van der Waals surface area contributed by atoms with E-state index in [0.717, 1.165) is 18.5 Å². The van der Waals surface area contributed by atoms with Gasteiger partial charge >= 0.3 is 0 Å². The maximum atomic E-state index is 12.8. The van der Waals surface area contributed by atoms with Crippen molar-refractivity contribution in [2.75, 3.05) is 19.6 Å². The van der Waals surface area contributed by atoms with E-state index in [0.29, 0.717) is 13.1 Å². The van der Waals surface area contributed by atoms with Crippen LogP contribution in [0.5, 0.6) is 0 Å². The van der Waals surface area contributed by atoms with Gasteiger partial charge in [0.25, 0.3) is 0 Å². The summed E-state index contributed by atoms with van der Waals surface area (Å²) in [4.78, 5) is 14.7. The molecule has 0 aliphatic heterocycles. The molecule has 2 aromatic rings. The number of amides is 1. The third-order valence-electron chi connectivity index (χ3n) is 3.94. The molecule has 1 atom stereocenters. The molecule has 3 nitrogen and oxygen atoms in total. The standard InChI is InChI=1S/C19H24N2O/c1-2-21(14-13-16-9-5-3-6-10-16)19(22)18(15-20)17-11-7-4-8-12-17/h3-12,18H,2,13-15,20H2,1H3. The molecule has 0 radical (unpaired) electrons. The summed E-state index contributed by atoms with van der Waals surface area (Å²) in [7, 11) is 0. The van der Waals surface area contributed by atoms with E-state index in [1.807, 2.05) is 60.4 Å². The molecule has 0 heterocycles. The van der Waals surface area contributed by atoms with Crippen molar-refractivity contribution in [1.82, 2.24) is 4.90 Å². The average Bonchev–Trinajstić information content (AvgIpc) is 2.58. The highest BCUT2D eigenvalue weighted by molar-refractivity contribution is 5.84. The minimum atomic E-state index is -0.253. The zero-order valence-electron chi connectivity index (χ0n) is 13.1. The van der Waals surface area contributed by atoms with E-state index in [9.17, 15) is 4.79 Å². The smallest absolute Gasteiger partial charge is 0.231 e.